The second kappa shape index (κ2) is 10.6. The second-order valence-corrected chi connectivity index (χ2v) is 9.30. The zero-order chi connectivity index (χ0) is 19.3. The number of halogens is 1. The smallest absolute Gasteiger partial charge is 0.220 e. The number of nitrogens with one attached hydrogen (secondary N) is 1. The molecule has 2 aromatic heterocycles. The molecular weight excluding hydrogens is 513 g/mol. The fraction of sp³-hybridized carbons (Fsp3) is 0.529. The number of hydrogen-bond donors (Lipinski definition) is 1. The fourth-order valence-corrected chi connectivity index (χ4v) is 5.16. The van der Waals surface area contributed by atoms with Crippen molar-refractivity contribution in [2.75, 3.05) is 32.7 Å². The van der Waals surface area contributed by atoms with Crippen LogP contribution < -0.4 is 5.32 Å². The summed E-state index contributed by atoms with van der Waals surface area (Å²) in [7, 11) is -3.40. The van der Waals surface area contributed by atoms with Gasteiger partial charge < -0.3 is 14.7 Å². The minimum Gasteiger partial charge on any atom is -0.364 e. The number of guanidine groups is 1. The van der Waals surface area contributed by atoms with Crippen LogP contribution in [0.25, 0.3) is 0 Å². The number of aryl methyl sites for hydroxylation is 1. The van der Waals surface area contributed by atoms with Crippen molar-refractivity contribution in [3.8, 4) is 0 Å². The van der Waals surface area contributed by atoms with Gasteiger partial charge in [0.05, 0.1) is 12.2 Å². The molecule has 3 rings (SSSR count). The summed E-state index contributed by atoms with van der Waals surface area (Å²) in [5.74, 6) is 0.703. The van der Waals surface area contributed by atoms with Crippen LogP contribution in [0.1, 0.15) is 23.1 Å². The average Bonchev–Trinajstić information content (AvgIpc) is 3.30. The van der Waals surface area contributed by atoms with Gasteiger partial charge in [-0.15, -0.1) is 35.3 Å². The Morgan fingerprint density at radius 2 is 2.07 bits per heavy atom. The molecule has 1 aliphatic rings. The zero-order valence-corrected chi connectivity index (χ0v) is 20.0. The van der Waals surface area contributed by atoms with Gasteiger partial charge in [-0.2, -0.15) is 4.31 Å². The standard InChI is InChI=1S/C17H25N5O3S2.HI/c1-3-18-17(19-12-16-14(2)5-11-26-16)21-6-8-22(9-7-21)27(23,24)13-15-4-10-25-20-15;/h4-5,10-11H,3,6-9,12-13H2,1-2H3,(H,18,19);1H. The van der Waals surface area contributed by atoms with Crippen LogP contribution in [-0.2, 0) is 22.3 Å². The molecule has 8 nitrogen and oxygen atoms in total. The predicted molar refractivity (Wildman–Crippen MR) is 122 cm³/mol. The molecule has 0 amide bonds. The number of nitrogens with zero attached hydrogens (tertiary/aromatic N) is 4. The van der Waals surface area contributed by atoms with Crippen LogP contribution in [0.4, 0.5) is 0 Å². The summed E-state index contributed by atoms with van der Waals surface area (Å²) in [5.41, 5.74) is 1.68. The van der Waals surface area contributed by atoms with E-state index in [-0.39, 0.29) is 29.7 Å². The van der Waals surface area contributed by atoms with E-state index >= 15 is 0 Å². The second-order valence-electron chi connectivity index (χ2n) is 6.33. The molecule has 1 N–H and O–H groups in total. The van der Waals surface area contributed by atoms with Gasteiger partial charge in [-0.25, -0.2) is 13.4 Å². The summed E-state index contributed by atoms with van der Waals surface area (Å²) in [4.78, 5) is 8.11. The van der Waals surface area contributed by atoms with Gasteiger partial charge in [0.15, 0.2) is 5.96 Å². The Morgan fingerprint density at radius 3 is 2.64 bits per heavy atom. The topological polar surface area (TPSA) is 91.0 Å². The maximum atomic E-state index is 12.6. The highest BCUT2D eigenvalue weighted by Crippen LogP contribution is 2.17. The molecule has 28 heavy (non-hydrogen) atoms. The van der Waals surface area contributed by atoms with Gasteiger partial charge in [-0.1, -0.05) is 5.16 Å². The third-order valence-corrected chi connectivity index (χ3v) is 7.25. The molecule has 0 saturated carbocycles. The van der Waals surface area contributed by atoms with E-state index in [0.29, 0.717) is 38.4 Å². The molecule has 1 saturated heterocycles. The van der Waals surface area contributed by atoms with Crippen molar-refractivity contribution in [2.24, 2.45) is 4.99 Å². The Hall–Kier alpha value is -1.18. The Morgan fingerprint density at radius 1 is 1.32 bits per heavy atom. The van der Waals surface area contributed by atoms with Crippen LogP contribution in [-0.4, -0.2) is 61.5 Å². The minimum absolute atomic E-state index is 0. The molecule has 2 aromatic rings. The normalized spacial score (nSPS) is 16.1. The van der Waals surface area contributed by atoms with Gasteiger partial charge in [0.25, 0.3) is 0 Å². The van der Waals surface area contributed by atoms with Crippen molar-refractivity contribution >= 4 is 51.3 Å². The first-order valence-corrected chi connectivity index (χ1v) is 11.4. The molecule has 3 heterocycles. The highest BCUT2D eigenvalue weighted by atomic mass is 127. The van der Waals surface area contributed by atoms with Crippen molar-refractivity contribution in [2.45, 2.75) is 26.1 Å². The van der Waals surface area contributed by atoms with Gasteiger partial charge in [-0.05, 0) is 30.9 Å². The lowest BCUT2D eigenvalue weighted by Crippen LogP contribution is -2.53. The molecular formula is C17H26IN5O3S2. The van der Waals surface area contributed by atoms with Crippen molar-refractivity contribution in [3.63, 3.8) is 0 Å². The van der Waals surface area contributed by atoms with E-state index < -0.39 is 10.0 Å². The molecule has 0 radical (unpaired) electrons. The summed E-state index contributed by atoms with van der Waals surface area (Å²) < 4.78 is 31.4. The van der Waals surface area contributed by atoms with Crippen LogP contribution >= 0.6 is 35.3 Å². The van der Waals surface area contributed by atoms with Gasteiger partial charge in [-0.3, -0.25) is 0 Å². The quantitative estimate of drug-likeness (QED) is 0.344. The van der Waals surface area contributed by atoms with Crippen molar-refractivity contribution in [3.05, 3.63) is 39.9 Å². The molecule has 0 aliphatic carbocycles. The monoisotopic (exact) mass is 539 g/mol. The van der Waals surface area contributed by atoms with Crippen LogP contribution in [0.3, 0.4) is 0 Å². The molecule has 0 spiro atoms. The number of aliphatic imine (C=N–C) groups is 1. The van der Waals surface area contributed by atoms with Crippen molar-refractivity contribution in [1.29, 1.82) is 0 Å². The summed E-state index contributed by atoms with van der Waals surface area (Å²) in [6.07, 6.45) is 1.39. The van der Waals surface area contributed by atoms with Crippen molar-refractivity contribution in [1.82, 2.24) is 19.7 Å². The fourth-order valence-electron chi connectivity index (χ4n) is 2.91. The molecule has 11 heteroatoms. The number of sulfonamides is 1. The number of rotatable bonds is 6. The Bertz CT molecular complexity index is 859. The molecule has 156 valence electrons. The molecule has 0 atom stereocenters. The predicted octanol–water partition coefficient (Wildman–Crippen LogP) is 2.28. The molecule has 0 aromatic carbocycles. The van der Waals surface area contributed by atoms with Gasteiger partial charge in [0, 0.05) is 43.7 Å². The van der Waals surface area contributed by atoms with E-state index in [4.69, 9.17) is 9.52 Å². The van der Waals surface area contributed by atoms with Gasteiger partial charge in [0.2, 0.25) is 10.0 Å². The van der Waals surface area contributed by atoms with Crippen molar-refractivity contribution < 1.29 is 12.9 Å². The summed E-state index contributed by atoms with van der Waals surface area (Å²) in [5, 5.41) is 9.09. The van der Waals surface area contributed by atoms with E-state index in [1.807, 2.05) is 6.92 Å². The molecule has 1 aliphatic heterocycles. The van der Waals surface area contributed by atoms with E-state index in [1.54, 1.807) is 17.4 Å². The first-order valence-electron chi connectivity index (χ1n) is 8.93. The summed E-state index contributed by atoms with van der Waals surface area (Å²) in [6.45, 7) is 7.60. The highest BCUT2D eigenvalue weighted by molar-refractivity contribution is 14.0. The summed E-state index contributed by atoms with van der Waals surface area (Å²) >= 11 is 1.71. The zero-order valence-electron chi connectivity index (χ0n) is 16.0. The van der Waals surface area contributed by atoms with E-state index in [2.05, 4.69) is 33.7 Å². The lowest BCUT2D eigenvalue weighted by molar-refractivity contribution is 0.259. The van der Waals surface area contributed by atoms with Crippen LogP contribution in [0.2, 0.25) is 0 Å². The van der Waals surface area contributed by atoms with E-state index in [0.717, 1.165) is 12.5 Å². The molecule has 0 unspecified atom stereocenters. The Labute approximate surface area is 187 Å². The molecule has 1 fully saturated rings. The maximum Gasteiger partial charge on any atom is 0.220 e. The number of piperazine rings is 1. The van der Waals surface area contributed by atoms with Gasteiger partial charge in [0.1, 0.15) is 12.0 Å². The summed E-state index contributed by atoms with van der Waals surface area (Å²) in [6, 6.07) is 3.68. The number of thiophene rings is 1. The van der Waals surface area contributed by atoms with E-state index in [1.165, 1.54) is 21.0 Å². The molecule has 0 bridgehead atoms. The van der Waals surface area contributed by atoms with Crippen LogP contribution in [0, 0.1) is 6.92 Å². The van der Waals surface area contributed by atoms with Gasteiger partial charge >= 0.3 is 0 Å². The lowest BCUT2D eigenvalue weighted by atomic mass is 10.3. The number of hydrogen-bond acceptors (Lipinski definition) is 6. The first-order chi connectivity index (χ1) is 13.0. The SMILES string of the molecule is CCNC(=NCc1sccc1C)N1CCN(S(=O)(=O)Cc2ccon2)CC1.I. The third-order valence-electron chi connectivity index (χ3n) is 4.43. The van der Waals surface area contributed by atoms with Crippen LogP contribution in [0.5, 0.6) is 0 Å². The number of aromatic nitrogens is 1. The van der Waals surface area contributed by atoms with Crippen LogP contribution in [0.15, 0.2) is 33.3 Å². The Balaban J connectivity index is 0.00000280. The van der Waals surface area contributed by atoms with E-state index in [9.17, 15) is 8.42 Å². The maximum absolute atomic E-state index is 12.6. The first kappa shape index (κ1) is 23.1. The highest BCUT2D eigenvalue weighted by Gasteiger charge is 2.29. The third kappa shape index (κ3) is 5.91. The minimum atomic E-state index is -3.40. The lowest BCUT2D eigenvalue weighted by Gasteiger charge is -2.35. The largest absolute Gasteiger partial charge is 0.364 e. The Kier molecular flexibility index (Phi) is 8.71. The average molecular weight is 539 g/mol.